The predicted molar refractivity (Wildman–Crippen MR) is 180 cm³/mol. The van der Waals surface area contributed by atoms with Crippen LogP contribution in [0, 0.1) is 0 Å². The van der Waals surface area contributed by atoms with Crippen molar-refractivity contribution >= 4 is 29.3 Å². The van der Waals surface area contributed by atoms with E-state index in [9.17, 15) is 14.4 Å². The number of hydrogen-bond donors (Lipinski definition) is 0. The van der Waals surface area contributed by atoms with Crippen LogP contribution in [0.2, 0.25) is 0 Å². The molecule has 0 spiro atoms. The fourth-order valence-corrected chi connectivity index (χ4v) is 5.64. The normalized spacial score (nSPS) is 15.3. The Morgan fingerprint density at radius 1 is 0.830 bits per heavy atom. The minimum Gasteiger partial charge on any atom is -0.443 e. The van der Waals surface area contributed by atoms with Crippen molar-refractivity contribution in [2.24, 2.45) is 0 Å². The first-order valence-electron chi connectivity index (χ1n) is 16.5. The van der Waals surface area contributed by atoms with Gasteiger partial charge in [-0.2, -0.15) is 0 Å². The molecule has 1 aliphatic carbocycles. The number of nitrogens with zero attached hydrogens (tertiary/aromatic N) is 5. The third-order valence-electron chi connectivity index (χ3n) is 7.46. The van der Waals surface area contributed by atoms with Gasteiger partial charge in [-0.3, -0.25) is 9.88 Å². The number of amides is 2. The van der Waals surface area contributed by atoms with Crippen LogP contribution in [-0.4, -0.2) is 72.5 Å². The Labute approximate surface area is 278 Å². The zero-order valence-electron chi connectivity index (χ0n) is 29.5. The van der Waals surface area contributed by atoms with Gasteiger partial charge < -0.3 is 14.2 Å². The minimum absolute atomic E-state index is 0.000312. The molecule has 3 aromatic rings. The van der Waals surface area contributed by atoms with E-state index in [1.807, 2.05) is 57.3 Å². The quantitative estimate of drug-likeness (QED) is 0.177. The molecule has 4 rings (SSSR count). The van der Waals surface area contributed by atoms with Crippen molar-refractivity contribution < 1.29 is 28.6 Å². The monoisotopic (exact) mass is 649 g/mol. The van der Waals surface area contributed by atoms with E-state index in [0.29, 0.717) is 42.8 Å². The fraction of sp³-hybridized carbons (Fsp3) is 0.583. The number of unbranched alkanes of at least 4 members (excludes halogenated alkanes) is 1. The molecule has 1 aromatic carbocycles. The number of pyridine rings is 1. The van der Waals surface area contributed by atoms with E-state index in [2.05, 4.69) is 11.0 Å². The maximum Gasteiger partial charge on any atom is 0.420 e. The van der Waals surface area contributed by atoms with E-state index in [4.69, 9.17) is 24.2 Å². The lowest BCUT2D eigenvalue weighted by atomic mass is 9.90. The Hall–Kier alpha value is -3.99. The number of hydrogen-bond acceptors (Lipinski definition) is 9. The molecule has 0 N–H and O–H groups in total. The van der Waals surface area contributed by atoms with Crippen LogP contribution in [0.25, 0.3) is 11.0 Å². The van der Waals surface area contributed by atoms with Gasteiger partial charge in [0.15, 0.2) is 0 Å². The van der Waals surface area contributed by atoms with Gasteiger partial charge in [0.2, 0.25) is 0 Å². The molecule has 2 amide bonds. The van der Waals surface area contributed by atoms with Gasteiger partial charge in [0.25, 0.3) is 0 Å². The summed E-state index contributed by atoms with van der Waals surface area (Å²) in [6.07, 6.45) is 3.91. The van der Waals surface area contributed by atoms with Gasteiger partial charge in [-0.25, -0.2) is 28.8 Å². The predicted octanol–water partition coefficient (Wildman–Crippen LogP) is 8.05. The average Bonchev–Trinajstić information content (AvgIpc) is 3.31. The van der Waals surface area contributed by atoms with E-state index in [1.165, 1.54) is 5.56 Å². The third-order valence-corrected chi connectivity index (χ3v) is 7.46. The number of para-hydroxylation sites is 2. The Morgan fingerprint density at radius 3 is 2.09 bits per heavy atom. The molecule has 0 saturated carbocycles. The van der Waals surface area contributed by atoms with Crippen LogP contribution in [0.4, 0.5) is 14.4 Å². The van der Waals surface area contributed by atoms with Crippen molar-refractivity contribution in [2.45, 2.75) is 124 Å². The van der Waals surface area contributed by atoms with Gasteiger partial charge >= 0.3 is 18.3 Å². The first-order chi connectivity index (χ1) is 21.9. The summed E-state index contributed by atoms with van der Waals surface area (Å²) in [4.78, 5) is 52.7. The van der Waals surface area contributed by atoms with Crippen molar-refractivity contribution in [3.8, 4) is 0 Å². The van der Waals surface area contributed by atoms with Crippen LogP contribution < -0.4 is 0 Å². The standard InChI is InChI=1S/C36H51N5O6/c1-34(2,3)45-31(42)40(32(43)46-35(4,5)6)23-13-12-22-39(28-20-14-16-25-17-15-21-37-30(25)28)24-29-38-26-18-10-11-19-27(26)41(29)33(44)47-36(7,8)9/h10-11,15,17-19,21,28H,12-14,16,20,22-24H2,1-9H3/t28-/m0/s1. The minimum atomic E-state index is -0.769. The molecule has 1 aliphatic rings. The highest BCUT2D eigenvalue weighted by molar-refractivity contribution is 5.88. The summed E-state index contributed by atoms with van der Waals surface area (Å²) in [5.41, 5.74) is 1.42. The molecule has 2 aromatic heterocycles. The molecule has 47 heavy (non-hydrogen) atoms. The largest absolute Gasteiger partial charge is 0.443 e. The Balaban J connectivity index is 1.61. The number of imidazole rings is 1. The second-order valence-corrected chi connectivity index (χ2v) is 15.1. The van der Waals surface area contributed by atoms with Crippen LogP contribution in [0.15, 0.2) is 42.6 Å². The van der Waals surface area contributed by atoms with E-state index in [0.717, 1.165) is 29.9 Å². The summed E-state index contributed by atoms with van der Waals surface area (Å²) in [6, 6.07) is 11.6. The smallest absolute Gasteiger partial charge is 0.420 e. The highest BCUT2D eigenvalue weighted by Crippen LogP contribution is 2.34. The van der Waals surface area contributed by atoms with Crippen LogP contribution in [0.3, 0.4) is 0 Å². The molecular weight excluding hydrogens is 598 g/mol. The molecule has 0 bridgehead atoms. The van der Waals surface area contributed by atoms with Crippen molar-refractivity contribution in [1.29, 1.82) is 0 Å². The first kappa shape index (κ1) is 35.9. The van der Waals surface area contributed by atoms with E-state index < -0.39 is 35.1 Å². The summed E-state index contributed by atoms with van der Waals surface area (Å²) < 4.78 is 18.5. The van der Waals surface area contributed by atoms with Gasteiger partial charge in [-0.05, 0) is 125 Å². The van der Waals surface area contributed by atoms with Crippen molar-refractivity contribution in [1.82, 2.24) is 24.3 Å². The number of ether oxygens (including phenoxy) is 3. The molecule has 0 fully saturated rings. The lowest BCUT2D eigenvalue weighted by molar-refractivity contribution is 0.000978. The van der Waals surface area contributed by atoms with Gasteiger partial charge in [0.1, 0.15) is 22.6 Å². The van der Waals surface area contributed by atoms with Crippen molar-refractivity contribution in [2.75, 3.05) is 13.1 Å². The fourth-order valence-electron chi connectivity index (χ4n) is 5.64. The first-order valence-corrected chi connectivity index (χ1v) is 16.5. The number of carbonyl (C=O) groups excluding carboxylic acids is 3. The van der Waals surface area contributed by atoms with Gasteiger partial charge in [0.05, 0.1) is 29.3 Å². The summed E-state index contributed by atoms with van der Waals surface area (Å²) in [7, 11) is 0. The van der Waals surface area contributed by atoms with E-state index in [-0.39, 0.29) is 12.6 Å². The van der Waals surface area contributed by atoms with Gasteiger partial charge in [-0.1, -0.05) is 18.2 Å². The second-order valence-electron chi connectivity index (χ2n) is 15.1. The highest BCUT2D eigenvalue weighted by atomic mass is 16.6. The number of aryl methyl sites for hydroxylation is 1. The SMILES string of the molecule is CC(C)(C)OC(=O)N(CCCCN(Cc1nc2ccccc2n1C(=O)OC(C)(C)C)[C@H]1CCCc2cccnc21)C(=O)OC(C)(C)C. The number of aromatic nitrogens is 3. The molecule has 0 radical (unpaired) electrons. The lowest BCUT2D eigenvalue weighted by Crippen LogP contribution is -2.44. The maximum absolute atomic E-state index is 13.6. The molecule has 11 heteroatoms. The number of imide groups is 1. The summed E-state index contributed by atoms with van der Waals surface area (Å²) in [5.74, 6) is 0.577. The zero-order chi connectivity index (χ0) is 34.6. The van der Waals surface area contributed by atoms with Crippen LogP contribution >= 0.6 is 0 Å². The van der Waals surface area contributed by atoms with E-state index in [1.54, 1.807) is 46.1 Å². The third kappa shape index (κ3) is 10.00. The molecule has 0 aliphatic heterocycles. The number of carbonyl (C=O) groups is 3. The zero-order valence-corrected chi connectivity index (χ0v) is 29.5. The molecule has 2 heterocycles. The molecule has 0 unspecified atom stereocenters. The summed E-state index contributed by atoms with van der Waals surface area (Å²) >= 11 is 0. The van der Waals surface area contributed by atoms with Crippen molar-refractivity contribution in [3.05, 3.63) is 59.7 Å². The number of rotatable bonds is 8. The molecule has 0 saturated heterocycles. The van der Waals surface area contributed by atoms with E-state index >= 15 is 0 Å². The maximum atomic E-state index is 13.6. The van der Waals surface area contributed by atoms with Gasteiger partial charge in [0, 0.05) is 12.7 Å². The molecule has 256 valence electrons. The van der Waals surface area contributed by atoms with Crippen LogP contribution in [0.5, 0.6) is 0 Å². The summed E-state index contributed by atoms with van der Waals surface area (Å²) in [6.45, 7) is 17.2. The second kappa shape index (κ2) is 14.4. The molecular formula is C36H51N5O6. The van der Waals surface area contributed by atoms with Gasteiger partial charge in [-0.15, -0.1) is 0 Å². The topological polar surface area (TPSA) is 116 Å². The van der Waals surface area contributed by atoms with Crippen molar-refractivity contribution in [3.63, 3.8) is 0 Å². The van der Waals surface area contributed by atoms with Crippen LogP contribution in [-0.2, 0) is 27.2 Å². The Morgan fingerprint density at radius 2 is 1.45 bits per heavy atom. The molecule has 1 atom stereocenters. The van der Waals surface area contributed by atoms with Crippen LogP contribution in [0.1, 0.15) is 111 Å². The Bertz CT molecular complexity index is 1530. The molecule has 11 nitrogen and oxygen atoms in total. The highest BCUT2D eigenvalue weighted by Gasteiger charge is 2.33. The number of benzene rings is 1. The number of fused-ring (bicyclic) bond motifs is 2. The Kier molecular flexibility index (Phi) is 11.0. The summed E-state index contributed by atoms with van der Waals surface area (Å²) in [5, 5.41) is 0. The average molecular weight is 650 g/mol. The lowest BCUT2D eigenvalue weighted by Gasteiger charge is -2.35.